The van der Waals surface area contributed by atoms with Gasteiger partial charge in [-0.25, -0.2) is 4.98 Å². The molecule has 0 atom stereocenters. The highest BCUT2D eigenvalue weighted by Crippen LogP contribution is 2.29. The predicted octanol–water partition coefficient (Wildman–Crippen LogP) is 6.37. The molecule has 1 amide bonds. The number of hydrogen-bond acceptors (Lipinski definition) is 5. The van der Waals surface area contributed by atoms with Gasteiger partial charge in [0.25, 0.3) is 0 Å². The van der Waals surface area contributed by atoms with E-state index in [1.807, 2.05) is 72.0 Å². The summed E-state index contributed by atoms with van der Waals surface area (Å²) in [5.74, 6) is 0.973. The molecule has 0 spiro atoms. The first kappa shape index (κ1) is 22.8. The third kappa shape index (κ3) is 5.71. The number of aromatic nitrogens is 3. The lowest BCUT2D eigenvalue weighted by molar-refractivity contribution is -0.118. The van der Waals surface area contributed by atoms with Gasteiger partial charge in [0.05, 0.1) is 22.5 Å². The van der Waals surface area contributed by atoms with Crippen LogP contribution in [0, 0.1) is 13.8 Å². The van der Waals surface area contributed by atoms with Crippen molar-refractivity contribution in [2.24, 2.45) is 0 Å². The first-order chi connectivity index (χ1) is 15.5. The first-order valence-corrected chi connectivity index (χ1v) is 12.7. The molecule has 0 radical (unpaired) electrons. The number of anilines is 1. The van der Waals surface area contributed by atoms with Crippen LogP contribution in [0.5, 0.6) is 0 Å². The molecule has 5 nitrogen and oxygen atoms in total. The van der Waals surface area contributed by atoms with E-state index in [0.29, 0.717) is 19.5 Å². The number of fused-ring (bicyclic) bond motifs is 1. The second-order valence-corrected chi connectivity index (χ2v) is 10.2. The summed E-state index contributed by atoms with van der Waals surface area (Å²) in [5, 5.41) is 6.03. The molecule has 32 heavy (non-hydrogen) atoms. The summed E-state index contributed by atoms with van der Waals surface area (Å²) in [6.45, 7) is 5.21. The first-order valence-electron chi connectivity index (χ1n) is 10.5. The Bertz CT molecular complexity index is 1170. The molecular formula is C24H25ClN4OS2. The van der Waals surface area contributed by atoms with E-state index in [4.69, 9.17) is 16.6 Å². The summed E-state index contributed by atoms with van der Waals surface area (Å²) in [7, 11) is 0. The quantitative estimate of drug-likeness (QED) is 0.204. The maximum atomic E-state index is 13.2. The van der Waals surface area contributed by atoms with Crippen LogP contribution in [-0.4, -0.2) is 33.0 Å². The normalized spacial score (nSPS) is 11.2. The summed E-state index contributed by atoms with van der Waals surface area (Å²) in [6.07, 6.45) is 1.28. The maximum Gasteiger partial charge on any atom is 0.228 e. The average molecular weight is 485 g/mol. The molecular weight excluding hydrogens is 460 g/mol. The maximum absolute atomic E-state index is 13.2. The van der Waals surface area contributed by atoms with Gasteiger partial charge in [-0.3, -0.25) is 14.4 Å². The number of thioether (sulfide) groups is 1. The molecule has 2 aromatic carbocycles. The molecule has 4 aromatic rings. The van der Waals surface area contributed by atoms with Crippen LogP contribution in [0.25, 0.3) is 10.2 Å². The molecule has 0 aliphatic carbocycles. The van der Waals surface area contributed by atoms with Gasteiger partial charge in [-0.15, -0.1) is 11.8 Å². The van der Waals surface area contributed by atoms with Crippen molar-refractivity contribution in [3.63, 3.8) is 0 Å². The molecule has 0 aliphatic rings. The van der Waals surface area contributed by atoms with Crippen LogP contribution in [-0.2, 0) is 11.3 Å². The Morgan fingerprint density at radius 1 is 1.16 bits per heavy atom. The molecule has 4 rings (SSSR count). The molecule has 166 valence electrons. The van der Waals surface area contributed by atoms with Crippen LogP contribution in [0.2, 0.25) is 5.02 Å². The summed E-state index contributed by atoms with van der Waals surface area (Å²) in [6, 6.07) is 17.9. The van der Waals surface area contributed by atoms with Gasteiger partial charge in [0.1, 0.15) is 0 Å². The second-order valence-electron chi connectivity index (χ2n) is 7.57. The SMILES string of the molecule is Cc1cc(C)n(CCN(C(=O)CCCSc2ccc(Cl)cc2)c2nc3ccccc3s2)n1. The van der Waals surface area contributed by atoms with Crippen LogP contribution >= 0.6 is 34.7 Å². The number of carbonyl (C=O) groups excluding carboxylic acids is 1. The van der Waals surface area contributed by atoms with Crippen molar-refractivity contribution in [1.29, 1.82) is 0 Å². The van der Waals surface area contributed by atoms with Gasteiger partial charge in [0.2, 0.25) is 5.91 Å². The van der Waals surface area contributed by atoms with Crippen LogP contribution in [0.15, 0.2) is 59.5 Å². The molecule has 0 fully saturated rings. The number of aryl methyl sites for hydroxylation is 2. The largest absolute Gasteiger partial charge is 0.286 e. The van der Waals surface area contributed by atoms with Crippen molar-refractivity contribution in [3.05, 3.63) is 71.0 Å². The van der Waals surface area contributed by atoms with E-state index in [0.717, 1.165) is 48.8 Å². The van der Waals surface area contributed by atoms with E-state index in [1.54, 1.807) is 23.1 Å². The van der Waals surface area contributed by atoms with Crippen LogP contribution in [0.3, 0.4) is 0 Å². The Kier molecular flexibility index (Phi) is 7.50. The number of hydrogen-bond donors (Lipinski definition) is 0. The molecule has 2 heterocycles. The zero-order chi connectivity index (χ0) is 22.5. The summed E-state index contributed by atoms with van der Waals surface area (Å²) < 4.78 is 3.05. The number of rotatable bonds is 9. The van der Waals surface area contributed by atoms with E-state index < -0.39 is 0 Å². The predicted molar refractivity (Wildman–Crippen MR) is 135 cm³/mol. The number of halogens is 1. The number of amides is 1. The van der Waals surface area contributed by atoms with E-state index >= 15 is 0 Å². The lowest BCUT2D eigenvalue weighted by atomic mass is 10.3. The minimum absolute atomic E-state index is 0.0993. The van der Waals surface area contributed by atoms with E-state index in [-0.39, 0.29) is 5.91 Å². The zero-order valence-corrected chi connectivity index (χ0v) is 20.5. The Hall–Kier alpha value is -2.35. The Morgan fingerprint density at radius 3 is 2.66 bits per heavy atom. The minimum atomic E-state index is 0.0993. The molecule has 0 saturated heterocycles. The number of carbonyl (C=O) groups is 1. The van der Waals surface area contributed by atoms with Crippen molar-refractivity contribution in [2.45, 2.75) is 38.1 Å². The van der Waals surface area contributed by atoms with Crippen LogP contribution in [0.4, 0.5) is 5.13 Å². The summed E-state index contributed by atoms with van der Waals surface area (Å²) in [4.78, 5) is 20.9. The zero-order valence-electron chi connectivity index (χ0n) is 18.1. The van der Waals surface area contributed by atoms with E-state index in [2.05, 4.69) is 11.2 Å². The highest BCUT2D eigenvalue weighted by atomic mass is 35.5. The topological polar surface area (TPSA) is 51.0 Å². The minimum Gasteiger partial charge on any atom is -0.286 e. The van der Waals surface area contributed by atoms with Gasteiger partial charge >= 0.3 is 0 Å². The third-order valence-electron chi connectivity index (χ3n) is 5.07. The monoisotopic (exact) mass is 484 g/mol. The number of benzene rings is 2. The fraction of sp³-hybridized carbons (Fsp3) is 0.292. The van der Waals surface area contributed by atoms with Crippen molar-refractivity contribution in [2.75, 3.05) is 17.2 Å². The molecule has 0 aliphatic heterocycles. The standard InChI is InChI=1S/C24H25ClN4OS2/c1-17-16-18(2)29(27-17)14-13-28(24-26-21-6-3-4-7-22(21)32-24)23(30)8-5-15-31-20-11-9-19(25)10-12-20/h3-4,6-7,9-12,16H,5,8,13-15H2,1-2H3. The van der Waals surface area contributed by atoms with Gasteiger partial charge in [0.15, 0.2) is 5.13 Å². The Balaban J connectivity index is 1.43. The average Bonchev–Trinajstić information content (AvgIpc) is 3.34. The molecule has 2 aromatic heterocycles. The van der Waals surface area contributed by atoms with Crippen molar-refractivity contribution in [3.8, 4) is 0 Å². The summed E-state index contributed by atoms with van der Waals surface area (Å²) >= 11 is 9.25. The highest BCUT2D eigenvalue weighted by Gasteiger charge is 2.20. The lowest BCUT2D eigenvalue weighted by Crippen LogP contribution is -2.34. The molecule has 8 heteroatoms. The fourth-order valence-corrected chi connectivity index (χ4v) is 5.47. The van der Waals surface area contributed by atoms with E-state index in [1.165, 1.54) is 0 Å². The molecule has 0 bridgehead atoms. The number of thiazole rings is 1. The molecule has 0 unspecified atom stereocenters. The van der Waals surface area contributed by atoms with Gasteiger partial charge in [-0.1, -0.05) is 35.1 Å². The fourth-order valence-electron chi connectivity index (χ4n) is 3.48. The highest BCUT2D eigenvalue weighted by molar-refractivity contribution is 7.99. The molecule has 0 N–H and O–H groups in total. The van der Waals surface area contributed by atoms with Gasteiger partial charge in [-0.2, -0.15) is 5.10 Å². The Morgan fingerprint density at radius 2 is 1.94 bits per heavy atom. The molecule has 0 saturated carbocycles. The van der Waals surface area contributed by atoms with Crippen molar-refractivity contribution < 1.29 is 4.79 Å². The van der Waals surface area contributed by atoms with E-state index in [9.17, 15) is 4.79 Å². The van der Waals surface area contributed by atoms with Gasteiger partial charge in [-0.05, 0) is 68.5 Å². The third-order valence-corrected chi connectivity index (χ3v) is 7.48. The smallest absolute Gasteiger partial charge is 0.228 e. The van der Waals surface area contributed by atoms with Gasteiger partial charge < -0.3 is 0 Å². The van der Waals surface area contributed by atoms with Crippen molar-refractivity contribution in [1.82, 2.24) is 14.8 Å². The second kappa shape index (κ2) is 10.5. The lowest BCUT2D eigenvalue weighted by Gasteiger charge is -2.20. The number of para-hydroxylation sites is 1. The van der Waals surface area contributed by atoms with Crippen LogP contribution < -0.4 is 4.90 Å². The summed E-state index contributed by atoms with van der Waals surface area (Å²) in [5.41, 5.74) is 3.01. The Labute approximate surface area is 201 Å². The van der Waals surface area contributed by atoms with Crippen LogP contribution in [0.1, 0.15) is 24.2 Å². The van der Waals surface area contributed by atoms with Gasteiger partial charge in [0, 0.05) is 28.6 Å². The van der Waals surface area contributed by atoms with Crippen molar-refractivity contribution >= 4 is 56.0 Å². The number of nitrogens with zero attached hydrogens (tertiary/aromatic N) is 4.